The molecule has 1 saturated carbocycles. The molecule has 0 bridgehead atoms. The molecule has 9 heteroatoms. The molecule has 1 amide bonds. The summed E-state index contributed by atoms with van der Waals surface area (Å²) in [5.74, 6) is -2.50. The molecule has 7 nitrogen and oxygen atoms in total. The minimum Gasteiger partial charge on any atom is -0.480 e. The van der Waals surface area contributed by atoms with Crippen molar-refractivity contribution in [2.45, 2.75) is 18.9 Å². The van der Waals surface area contributed by atoms with E-state index in [4.69, 9.17) is 16.7 Å². The van der Waals surface area contributed by atoms with Crippen LogP contribution in [0.5, 0.6) is 0 Å². The maximum absolute atomic E-state index is 13.9. The van der Waals surface area contributed by atoms with Crippen LogP contribution >= 0.6 is 11.6 Å². The van der Waals surface area contributed by atoms with Crippen LogP contribution in [0.3, 0.4) is 0 Å². The van der Waals surface area contributed by atoms with E-state index in [1.54, 1.807) is 0 Å². The quantitative estimate of drug-likeness (QED) is 0.864. The molecule has 2 aromatic rings. The Morgan fingerprint density at radius 2 is 2.17 bits per heavy atom. The van der Waals surface area contributed by atoms with E-state index in [1.165, 1.54) is 24.4 Å². The molecule has 1 aromatic heterocycles. The summed E-state index contributed by atoms with van der Waals surface area (Å²) < 4.78 is 15.0. The predicted octanol–water partition coefficient (Wildman–Crippen LogP) is 1.65. The molecule has 0 spiro atoms. The highest BCUT2D eigenvalue weighted by Crippen LogP contribution is 2.32. The zero-order valence-corrected chi connectivity index (χ0v) is 12.5. The number of halogens is 2. The maximum atomic E-state index is 13.9. The molecule has 1 aliphatic rings. The fourth-order valence-corrected chi connectivity index (χ4v) is 2.35. The van der Waals surface area contributed by atoms with Crippen molar-refractivity contribution in [2.75, 3.05) is 0 Å². The van der Waals surface area contributed by atoms with Gasteiger partial charge < -0.3 is 10.4 Å². The van der Waals surface area contributed by atoms with E-state index in [0.29, 0.717) is 0 Å². The summed E-state index contributed by atoms with van der Waals surface area (Å²) in [7, 11) is 0. The van der Waals surface area contributed by atoms with Crippen LogP contribution < -0.4 is 5.32 Å². The molecule has 1 aromatic carbocycles. The minimum atomic E-state index is -1.09. The molecule has 120 valence electrons. The Labute approximate surface area is 135 Å². The van der Waals surface area contributed by atoms with Gasteiger partial charge >= 0.3 is 5.97 Å². The van der Waals surface area contributed by atoms with Gasteiger partial charge in [0.1, 0.15) is 11.7 Å². The Kier molecular flexibility index (Phi) is 3.99. The van der Waals surface area contributed by atoms with Crippen molar-refractivity contribution >= 4 is 23.5 Å². The Morgan fingerprint density at radius 1 is 1.43 bits per heavy atom. The Morgan fingerprint density at radius 3 is 2.83 bits per heavy atom. The van der Waals surface area contributed by atoms with Gasteiger partial charge in [-0.15, -0.1) is 5.10 Å². The average molecular weight is 339 g/mol. The van der Waals surface area contributed by atoms with Crippen LogP contribution in [0.25, 0.3) is 5.69 Å². The normalized spacial score (nSPS) is 15.2. The Hall–Kier alpha value is -2.48. The van der Waals surface area contributed by atoms with Gasteiger partial charge in [-0.05, 0) is 30.9 Å². The molecule has 0 saturated heterocycles. The van der Waals surface area contributed by atoms with Gasteiger partial charge in [-0.2, -0.15) is 0 Å². The molecule has 1 aliphatic carbocycles. The summed E-state index contributed by atoms with van der Waals surface area (Å²) >= 11 is 5.70. The number of hydrogen-bond acceptors (Lipinski definition) is 4. The number of amides is 1. The smallest absolute Gasteiger partial charge is 0.326 e. The summed E-state index contributed by atoms with van der Waals surface area (Å²) in [6.45, 7) is 0. The standard InChI is InChI=1S/C14H12ClFN4O3/c15-8-2-1-3-10(11(8)16)20-6-9(18-19-20)13(21)17-12(14(22)23)7-4-5-7/h1-3,6-7,12H,4-5H2,(H,17,21)(H,22,23). The van der Waals surface area contributed by atoms with Crippen LogP contribution in [-0.4, -0.2) is 38.0 Å². The lowest BCUT2D eigenvalue weighted by molar-refractivity contribution is -0.139. The number of hydrogen-bond donors (Lipinski definition) is 2. The molecular weight excluding hydrogens is 327 g/mol. The summed E-state index contributed by atoms with van der Waals surface area (Å²) in [5, 5.41) is 18.8. The van der Waals surface area contributed by atoms with Crippen LogP contribution in [0, 0.1) is 11.7 Å². The summed E-state index contributed by atoms with van der Waals surface area (Å²) in [6, 6.07) is 3.41. The van der Waals surface area contributed by atoms with E-state index in [0.717, 1.165) is 17.5 Å². The number of aromatic nitrogens is 3. The highest BCUT2D eigenvalue weighted by Gasteiger charge is 2.37. The molecule has 1 atom stereocenters. The highest BCUT2D eigenvalue weighted by molar-refractivity contribution is 6.30. The number of carbonyl (C=O) groups is 2. The van der Waals surface area contributed by atoms with Gasteiger partial charge in [0.15, 0.2) is 11.5 Å². The Balaban J connectivity index is 1.80. The third kappa shape index (κ3) is 3.16. The van der Waals surface area contributed by atoms with Gasteiger partial charge in [0.2, 0.25) is 0 Å². The van der Waals surface area contributed by atoms with Crippen molar-refractivity contribution in [1.82, 2.24) is 20.3 Å². The fourth-order valence-electron chi connectivity index (χ4n) is 2.18. The summed E-state index contributed by atoms with van der Waals surface area (Å²) in [4.78, 5) is 23.2. The van der Waals surface area contributed by atoms with Crippen LogP contribution in [0.2, 0.25) is 5.02 Å². The lowest BCUT2D eigenvalue weighted by Crippen LogP contribution is -2.42. The minimum absolute atomic E-state index is 0.0426. The molecule has 0 aliphatic heterocycles. The van der Waals surface area contributed by atoms with E-state index in [1.807, 2.05) is 0 Å². The molecule has 1 heterocycles. The van der Waals surface area contributed by atoms with Crippen LogP contribution in [-0.2, 0) is 4.79 Å². The average Bonchev–Trinajstić information content (AvgIpc) is 3.23. The van der Waals surface area contributed by atoms with Gasteiger partial charge in [0, 0.05) is 0 Å². The second-order valence-corrected chi connectivity index (χ2v) is 5.66. The van der Waals surface area contributed by atoms with Crippen molar-refractivity contribution in [3.8, 4) is 5.69 Å². The first kappa shape index (κ1) is 15.4. The topological polar surface area (TPSA) is 97.1 Å². The van der Waals surface area contributed by atoms with Gasteiger partial charge in [-0.3, -0.25) is 4.79 Å². The van der Waals surface area contributed by atoms with E-state index < -0.39 is 23.7 Å². The first-order valence-electron chi connectivity index (χ1n) is 6.88. The number of carbonyl (C=O) groups excluding carboxylic acids is 1. The van der Waals surface area contributed by atoms with Crippen molar-refractivity contribution in [3.05, 3.63) is 40.9 Å². The molecule has 23 heavy (non-hydrogen) atoms. The summed E-state index contributed by atoms with van der Waals surface area (Å²) in [5.41, 5.74) is -0.0581. The predicted molar refractivity (Wildman–Crippen MR) is 77.9 cm³/mol. The van der Waals surface area contributed by atoms with Gasteiger partial charge in [-0.1, -0.05) is 22.9 Å². The van der Waals surface area contributed by atoms with Crippen LogP contribution in [0.15, 0.2) is 24.4 Å². The van der Waals surface area contributed by atoms with Crippen LogP contribution in [0.4, 0.5) is 4.39 Å². The molecule has 0 radical (unpaired) electrons. The Bertz CT molecular complexity index is 775. The van der Waals surface area contributed by atoms with E-state index >= 15 is 0 Å². The lowest BCUT2D eigenvalue weighted by atomic mass is 10.2. The lowest BCUT2D eigenvalue weighted by Gasteiger charge is -2.11. The third-order valence-corrected chi connectivity index (χ3v) is 3.84. The first-order chi connectivity index (χ1) is 11.0. The van der Waals surface area contributed by atoms with Gasteiger partial charge in [-0.25, -0.2) is 13.9 Å². The number of carboxylic acids is 1. The van der Waals surface area contributed by atoms with Crippen molar-refractivity contribution in [2.24, 2.45) is 5.92 Å². The molecule has 1 unspecified atom stereocenters. The maximum Gasteiger partial charge on any atom is 0.326 e. The highest BCUT2D eigenvalue weighted by atomic mass is 35.5. The number of benzene rings is 1. The first-order valence-corrected chi connectivity index (χ1v) is 7.25. The number of rotatable bonds is 5. The van der Waals surface area contributed by atoms with Gasteiger partial charge in [0.05, 0.1) is 11.2 Å². The monoisotopic (exact) mass is 338 g/mol. The SMILES string of the molecule is O=C(NC(C(=O)O)C1CC1)c1cn(-c2cccc(Cl)c2F)nn1. The largest absolute Gasteiger partial charge is 0.480 e. The van der Waals surface area contributed by atoms with E-state index in [9.17, 15) is 14.0 Å². The zero-order chi connectivity index (χ0) is 16.6. The number of nitrogens with zero attached hydrogens (tertiary/aromatic N) is 3. The van der Waals surface area contributed by atoms with Crippen LogP contribution in [0.1, 0.15) is 23.3 Å². The molecule has 2 N–H and O–H groups in total. The molecular formula is C14H12ClFN4O3. The second kappa shape index (κ2) is 5.96. The van der Waals surface area contributed by atoms with E-state index in [2.05, 4.69) is 15.6 Å². The number of aliphatic carboxylic acids is 1. The molecule has 3 rings (SSSR count). The number of carboxylic acid groups (broad SMARTS) is 1. The van der Waals surface area contributed by atoms with Crippen molar-refractivity contribution in [3.63, 3.8) is 0 Å². The fraction of sp³-hybridized carbons (Fsp3) is 0.286. The second-order valence-electron chi connectivity index (χ2n) is 5.25. The van der Waals surface area contributed by atoms with E-state index in [-0.39, 0.29) is 22.3 Å². The van der Waals surface area contributed by atoms with Crippen molar-refractivity contribution in [1.29, 1.82) is 0 Å². The van der Waals surface area contributed by atoms with Gasteiger partial charge in [0.25, 0.3) is 5.91 Å². The summed E-state index contributed by atoms with van der Waals surface area (Å²) in [6.07, 6.45) is 2.74. The third-order valence-electron chi connectivity index (χ3n) is 3.55. The number of nitrogens with one attached hydrogen (secondary N) is 1. The zero-order valence-electron chi connectivity index (χ0n) is 11.7. The molecule has 1 fully saturated rings. The van der Waals surface area contributed by atoms with Crippen molar-refractivity contribution < 1.29 is 19.1 Å².